The first kappa shape index (κ1) is 29.8. The third kappa shape index (κ3) is 9.18. The van der Waals surface area contributed by atoms with Crippen molar-refractivity contribution in [2.75, 3.05) is 26.2 Å². The van der Waals surface area contributed by atoms with Gasteiger partial charge in [0.15, 0.2) is 5.57 Å². The molecule has 1 amide bonds. The predicted molar refractivity (Wildman–Crippen MR) is 140 cm³/mol. The van der Waals surface area contributed by atoms with Crippen LogP contribution in [0.1, 0.15) is 53.0 Å². The number of hydrogen-bond acceptors (Lipinski definition) is 8. The van der Waals surface area contributed by atoms with Crippen molar-refractivity contribution in [3.63, 3.8) is 0 Å². The number of halogens is 1. The number of piperidine rings is 1. The van der Waals surface area contributed by atoms with Crippen molar-refractivity contribution < 1.29 is 19.1 Å². The predicted octanol–water partition coefficient (Wildman–Crippen LogP) is 4.59. The summed E-state index contributed by atoms with van der Waals surface area (Å²) in [5.74, 6) is -0.0948. The Bertz CT molecular complexity index is 1050. The molecule has 1 aromatic carbocycles. The van der Waals surface area contributed by atoms with Crippen molar-refractivity contribution in [1.82, 2.24) is 15.1 Å². The van der Waals surface area contributed by atoms with Crippen LogP contribution >= 0.6 is 11.6 Å². The van der Waals surface area contributed by atoms with Gasteiger partial charge in [-0.3, -0.25) is 4.79 Å². The molecule has 1 aliphatic heterocycles. The quantitative estimate of drug-likeness (QED) is 0.364. The molecule has 1 fully saturated rings. The molecule has 1 aliphatic rings. The number of alkyl carbamates (subject to hydrolysis) is 1. The van der Waals surface area contributed by atoms with E-state index in [0.717, 1.165) is 18.4 Å². The molecule has 1 N–H and O–H groups in total. The van der Waals surface area contributed by atoms with Crippen LogP contribution in [0.15, 0.2) is 35.7 Å². The number of nitrogens with one attached hydrogen (secondary N) is 1. The van der Waals surface area contributed by atoms with Crippen LogP contribution in [0.2, 0.25) is 5.02 Å². The zero-order valence-electron chi connectivity index (χ0n) is 22.2. The van der Waals surface area contributed by atoms with Crippen LogP contribution < -0.4 is 5.32 Å². The Morgan fingerprint density at radius 2 is 1.95 bits per heavy atom. The Morgan fingerprint density at radius 1 is 1.27 bits per heavy atom. The van der Waals surface area contributed by atoms with Crippen LogP contribution in [-0.2, 0) is 20.8 Å². The Balaban J connectivity index is 2.38. The number of rotatable bonds is 9. The lowest BCUT2D eigenvalue weighted by Crippen LogP contribution is -2.49. The highest BCUT2D eigenvalue weighted by molar-refractivity contribution is 6.31. The second kappa shape index (κ2) is 13.8. The van der Waals surface area contributed by atoms with Gasteiger partial charge < -0.3 is 24.6 Å². The number of carbonyl (C=O) groups excluding carboxylic acids is 2. The zero-order valence-corrected chi connectivity index (χ0v) is 23.0. The van der Waals surface area contributed by atoms with Gasteiger partial charge in [-0.2, -0.15) is 10.5 Å². The number of allylic oxidation sites excluding steroid dienone is 1. The van der Waals surface area contributed by atoms with Gasteiger partial charge in [-0.15, -0.1) is 0 Å². The molecule has 37 heavy (non-hydrogen) atoms. The molecular weight excluding hydrogens is 494 g/mol. The Hall–Kier alpha value is -3.43. The van der Waals surface area contributed by atoms with E-state index in [2.05, 4.69) is 5.32 Å². The second-order valence-electron chi connectivity index (χ2n) is 9.96. The number of nitrogens with zero attached hydrogens (tertiary/aromatic N) is 4. The van der Waals surface area contributed by atoms with E-state index in [4.69, 9.17) is 21.1 Å². The lowest BCUT2D eigenvalue weighted by atomic mass is 9.91. The topological polar surface area (TPSA) is 119 Å². The Labute approximate surface area is 224 Å². The summed E-state index contributed by atoms with van der Waals surface area (Å²) in [6.45, 7) is 10.4. The Kier molecular flexibility index (Phi) is 11.1. The smallest absolute Gasteiger partial charge is 0.407 e. The van der Waals surface area contributed by atoms with Crippen molar-refractivity contribution in [3.8, 4) is 12.1 Å². The summed E-state index contributed by atoms with van der Waals surface area (Å²) < 4.78 is 10.6. The van der Waals surface area contributed by atoms with Crippen LogP contribution in [0, 0.1) is 28.6 Å². The minimum atomic E-state index is -0.612. The van der Waals surface area contributed by atoms with E-state index in [9.17, 15) is 20.1 Å². The molecule has 0 saturated carbocycles. The van der Waals surface area contributed by atoms with Crippen LogP contribution in [0.3, 0.4) is 0 Å². The minimum absolute atomic E-state index is 0.0275. The average molecular weight is 530 g/mol. The molecule has 1 heterocycles. The summed E-state index contributed by atoms with van der Waals surface area (Å²) in [5, 5.41) is 23.1. The lowest BCUT2D eigenvalue weighted by molar-refractivity contribution is -0.144. The molecule has 9 nitrogen and oxygen atoms in total. The summed E-state index contributed by atoms with van der Waals surface area (Å²) in [5.41, 5.74) is 0.0264. The highest BCUT2D eigenvalue weighted by Crippen LogP contribution is 2.28. The van der Waals surface area contributed by atoms with Crippen LogP contribution in [0.25, 0.3) is 0 Å². The van der Waals surface area contributed by atoms with E-state index in [-0.39, 0.29) is 37.2 Å². The number of amides is 1. The second-order valence-corrected chi connectivity index (χ2v) is 10.4. The number of carbonyl (C=O) groups is 2. The molecule has 0 radical (unpaired) electrons. The van der Waals surface area contributed by atoms with Crippen LogP contribution in [0.4, 0.5) is 4.79 Å². The van der Waals surface area contributed by atoms with Gasteiger partial charge in [-0.25, -0.2) is 4.79 Å². The van der Waals surface area contributed by atoms with E-state index >= 15 is 0 Å². The molecule has 200 valence electrons. The third-order valence-electron chi connectivity index (χ3n) is 5.90. The SMILES string of the molecule is CCOC(=O)CN(Cc1ccccc1Cl)C(=C(C#N)C#N)N1CCCC(C(C)NC(=O)OC(C)(C)C)C1. The molecule has 2 atom stereocenters. The number of hydrogen-bond donors (Lipinski definition) is 1. The molecule has 0 bridgehead atoms. The Morgan fingerprint density at radius 3 is 2.54 bits per heavy atom. The molecule has 10 heteroatoms. The molecule has 0 aliphatic carbocycles. The van der Waals surface area contributed by atoms with E-state index in [1.165, 1.54) is 0 Å². The summed E-state index contributed by atoms with van der Waals surface area (Å²) in [4.78, 5) is 28.5. The van der Waals surface area contributed by atoms with Gasteiger partial charge >= 0.3 is 12.1 Å². The first-order valence-electron chi connectivity index (χ1n) is 12.4. The van der Waals surface area contributed by atoms with Crippen molar-refractivity contribution in [2.24, 2.45) is 5.92 Å². The number of nitriles is 2. The molecule has 2 unspecified atom stereocenters. The zero-order chi connectivity index (χ0) is 27.6. The van der Waals surface area contributed by atoms with E-state index < -0.39 is 17.7 Å². The molecule has 0 aromatic heterocycles. The van der Waals surface area contributed by atoms with Crippen molar-refractivity contribution in [1.29, 1.82) is 10.5 Å². The normalized spacial score (nSPS) is 16.0. The van der Waals surface area contributed by atoms with Gasteiger partial charge in [0.25, 0.3) is 0 Å². The summed E-state index contributed by atoms with van der Waals surface area (Å²) in [6.07, 6.45) is 1.13. The van der Waals surface area contributed by atoms with Gasteiger partial charge in [0, 0.05) is 30.7 Å². The van der Waals surface area contributed by atoms with Crippen LogP contribution in [-0.4, -0.2) is 59.7 Å². The summed E-state index contributed by atoms with van der Waals surface area (Å²) in [6, 6.07) is 11.0. The molecule has 0 spiro atoms. The summed E-state index contributed by atoms with van der Waals surface area (Å²) in [7, 11) is 0. The maximum atomic E-state index is 12.6. The highest BCUT2D eigenvalue weighted by Gasteiger charge is 2.32. The minimum Gasteiger partial charge on any atom is -0.465 e. The van der Waals surface area contributed by atoms with E-state index in [1.54, 1.807) is 38.7 Å². The standard InChI is InChI=1S/C27H36ClN5O4/c1-6-36-24(34)18-33(17-21-10-7-8-12-23(21)28)25(22(14-29)15-30)32-13-9-11-20(16-32)19(2)31-26(35)37-27(3,4)5/h7-8,10,12,19-20H,6,9,11,13,16-18H2,1-5H3,(H,31,35). The maximum absolute atomic E-state index is 12.6. The third-order valence-corrected chi connectivity index (χ3v) is 6.27. The lowest BCUT2D eigenvalue weighted by Gasteiger charge is -2.42. The number of benzene rings is 1. The molecule has 1 aromatic rings. The largest absolute Gasteiger partial charge is 0.465 e. The maximum Gasteiger partial charge on any atom is 0.407 e. The number of likely N-dealkylation sites (tertiary alicyclic amines) is 1. The van der Waals surface area contributed by atoms with Gasteiger partial charge in [-0.1, -0.05) is 29.8 Å². The fraction of sp³-hybridized carbons (Fsp3) is 0.556. The first-order valence-corrected chi connectivity index (χ1v) is 12.8. The van der Waals surface area contributed by atoms with Crippen molar-refractivity contribution in [2.45, 2.75) is 65.6 Å². The van der Waals surface area contributed by atoms with Gasteiger partial charge in [0.1, 0.15) is 30.1 Å². The molecule has 2 rings (SSSR count). The first-order chi connectivity index (χ1) is 17.5. The van der Waals surface area contributed by atoms with Crippen molar-refractivity contribution >= 4 is 23.7 Å². The van der Waals surface area contributed by atoms with Crippen LogP contribution in [0.5, 0.6) is 0 Å². The number of ether oxygens (including phenoxy) is 2. The fourth-order valence-electron chi connectivity index (χ4n) is 4.26. The van der Waals surface area contributed by atoms with Crippen molar-refractivity contribution in [3.05, 3.63) is 46.2 Å². The van der Waals surface area contributed by atoms with E-state index in [1.807, 2.05) is 42.2 Å². The van der Waals surface area contributed by atoms with Gasteiger partial charge in [0.05, 0.1) is 6.61 Å². The fourth-order valence-corrected chi connectivity index (χ4v) is 4.46. The molecular formula is C27H36ClN5O4. The van der Waals surface area contributed by atoms with Gasteiger partial charge in [0.2, 0.25) is 0 Å². The number of esters is 1. The van der Waals surface area contributed by atoms with Gasteiger partial charge in [-0.05, 0) is 65.0 Å². The van der Waals surface area contributed by atoms with E-state index in [0.29, 0.717) is 23.9 Å². The highest BCUT2D eigenvalue weighted by atomic mass is 35.5. The monoisotopic (exact) mass is 529 g/mol. The average Bonchev–Trinajstić information content (AvgIpc) is 2.82. The molecule has 1 saturated heterocycles. The summed E-state index contributed by atoms with van der Waals surface area (Å²) >= 11 is 6.41.